The molecular weight excluding hydrogens is 594 g/mol. The fourth-order valence-corrected chi connectivity index (χ4v) is 5.68. The Morgan fingerprint density at radius 2 is 0.955 bits per heavy atom. The molecule has 3 rings (SSSR count). The fourth-order valence-electron chi connectivity index (χ4n) is 5.68. The van der Waals surface area contributed by atoms with E-state index in [9.17, 15) is 45.0 Å². The van der Waals surface area contributed by atoms with Crippen LogP contribution in [0.4, 0.5) is 0 Å². The van der Waals surface area contributed by atoms with Gasteiger partial charge >= 0.3 is 0 Å². The number of carbonyl (C=O) groups excluding carboxylic acids is 3. The van der Waals surface area contributed by atoms with Gasteiger partial charge in [-0.15, -0.1) is 0 Å². The van der Waals surface area contributed by atoms with Crippen LogP contribution in [-0.2, 0) is 42.8 Å². The van der Waals surface area contributed by atoms with E-state index in [-0.39, 0.29) is 0 Å². The Labute approximate surface area is 253 Å². The second kappa shape index (κ2) is 16.0. The molecule has 0 aromatic rings. The highest BCUT2D eigenvalue weighted by Gasteiger charge is 2.54. The number of ether oxygens (including phenoxy) is 6. The Kier molecular flexibility index (Phi) is 13.2. The van der Waals surface area contributed by atoms with Crippen molar-refractivity contribution in [1.82, 2.24) is 16.0 Å². The maximum Gasteiger partial charge on any atom is 0.217 e. The summed E-state index contributed by atoms with van der Waals surface area (Å²) in [5.74, 6) is -2.29. The van der Waals surface area contributed by atoms with E-state index in [1.54, 1.807) is 6.92 Å². The van der Waals surface area contributed by atoms with E-state index in [1.807, 2.05) is 0 Å². The van der Waals surface area contributed by atoms with Crippen LogP contribution in [0, 0.1) is 5.92 Å². The van der Waals surface area contributed by atoms with E-state index in [1.165, 1.54) is 21.0 Å². The minimum absolute atomic E-state index is 0.496. The molecule has 0 aromatic carbocycles. The number of aliphatic hydroxyl groups excluding tert-OH is 6. The lowest BCUT2D eigenvalue weighted by molar-refractivity contribution is -0.350. The SMILES string of the molecule is CO[C@H]1O[C@H](CO)[C@@H](O[C@@H]2OC(CO)[C@H](O[C@H]3O[C@H](CO)[C@@H](C)C(O)C3NC(C)=O)[C@H](O)C2NC(C)=O)C(O)C1NC(C)=O. The van der Waals surface area contributed by atoms with Crippen LogP contribution in [0.25, 0.3) is 0 Å². The smallest absolute Gasteiger partial charge is 0.217 e. The average Bonchev–Trinajstić information content (AvgIpc) is 2.97. The lowest BCUT2D eigenvalue weighted by atomic mass is 9.89. The molecule has 9 N–H and O–H groups in total. The van der Waals surface area contributed by atoms with Crippen molar-refractivity contribution in [2.45, 2.75) is 114 Å². The quantitative estimate of drug-likeness (QED) is 0.102. The molecule has 3 amide bonds. The van der Waals surface area contributed by atoms with Gasteiger partial charge in [0.1, 0.15) is 54.7 Å². The number of amides is 3. The average molecular weight is 640 g/mol. The van der Waals surface area contributed by atoms with Crippen molar-refractivity contribution < 1.29 is 73.4 Å². The van der Waals surface area contributed by atoms with Crippen LogP contribution < -0.4 is 16.0 Å². The summed E-state index contributed by atoms with van der Waals surface area (Å²) in [6.45, 7) is 3.26. The standard InChI is InChI=1S/C26H45N3O15/c1-9-13(6-30)40-25(16(19(9)36)27-10(2)33)43-23-15(8-32)42-26(18(21(23)38)29-12(4)35)44-22-14(7-31)41-24(39-5)17(20(22)37)28-11(3)34/h9,13-26,30-32,36-38H,6-8H2,1-5H3,(H,27,33)(H,28,34)(H,29,35)/t9-,13-,14-,15?,16?,17?,18?,19?,20?,21-,22-,23+,24+,25-,26+/m1/s1. The molecule has 6 unspecified atom stereocenters. The monoisotopic (exact) mass is 639 g/mol. The lowest BCUT2D eigenvalue weighted by Gasteiger charge is -2.50. The molecule has 0 spiro atoms. The Morgan fingerprint density at radius 3 is 1.32 bits per heavy atom. The van der Waals surface area contributed by atoms with Crippen molar-refractivity contribution in [2.75, 3.05) is 26.9 Å². The van der Waals surface area contributed by atoms with E-state index in [0.717, 1.165) is 6.92 Å². The second-order valence-corrected chi connectivity index (χ2v) is 11.1. The highest BCUT2D eigenvalue weighted by Crippen LogP contribution is 2.33. The van der Waals surface area contributed by atoms with Crippen molar-refractivity contribution in [3.05, 3.63) is 0 Å². The molecule has 3 aliphatic rings. The second-order valence-electron chi connectivity index (χ2n) is 11.1. The Bertz CT molecular complexity index is 977. The lowest BCUT2D eigenvalue weighted by Crippen LogP contribution is -2.70. The summed E-state index contributed by atoms with van der Waals surface area (Å²) in [5.41, 5.74) is 0. The van der Waals surface area contributed by atoms with E-state index in [0.29, 0.717) is 0 Å². The molecule has 44 heavy (non-hydrogen) atoms. The summed E-state index contributed by atoms with van der Waals surface area (Å²) in [4.78, 5) is 35.9. The van der Waals surface area contributed by atoms with Gasteiger partial charge in [0.25, 0.3) is 0 Å². The predicted octanol–water partition coefficient (Wildman–Crippen LogP) is -5.21. The van der Waals surface area contributed by atoms with Crippen LogP contribution in [0.2, 0.25) is 0 Å². The fraction of sp³-hybridized carbons (Fsp3) is 0.885. The van der Waals surface area contributed by atoms with Gasteiger partial charge < -0.3 is 75.0 Å². The summed E-state index contributed by atoms with van der Waals surface area (Å²) >= 11 is 0. The molecule has 3 aliphatic heterocycles. The third-order valence-corrected chi connectivity index (χ3v) is 7.91. The number of rotatable bonds is 11. The molecule has 0 radical (unpaired) electrons. The summed E-state index contributed by atoms with van der Waals surface area (Å²) in [5, 5.41) is 71.0. The van der Waals surface area contributed by atoms with E-state index >= 15 is 0 Å². The third kappa shape index (κ3) is 8.20. The van der Waals surface area contributed by atoms with E-state index < -0.39 is 129 Å². The molecule has 0 aromatic heterocycles. The molecule has 3 heterocycles. The molecule has 18 heteroatoms. The van der Waals surface area contributed by atoms with Crippen molar-refractivity contribution in [2.24, 2.45) is 5.92 Å². The molecule has 0 bridgehead atoms. The van der Waals surface area contributed by atoms with Gasteiger partial charge in [-0.05, 0) is 0 Å². The summed E-state index contributed by atoms with van der Waals surface area (Å²) < 4.78 is 34.6. The van der Waals surface area contributed by atoms with Gasteiger partial charge in [0, 0.05) is 33.8 Å². The van der Waals surface area contributed by atoms with E-state index in [4.69, 9.17) is 28.4 Å². The largest absolute Gasteiger partial charge is 0.394 e. The maximum absolute atomic E-state index is 12.2. The van der Waals surface area contributed by atoms with Crippen LogP contribution in [0.1, 0.15) is 27.7 Å². The first-order valence-electron chi connectivity index (χ1n) is 14.3. The highest BCUT2D eigenvalue weighted by molar-refractivity contribution is 5.74. The Balaban J connectivity index is 1.90. The molecule has 15 atom stereocenters. The van der Waals surface area contributed by atoms with Crippen molar-refractivity contribution in [3.8, 4) is 0 Å². The first kappa shape index (κ1) is 36.4. The van der Waals surface area contributed by atoms with Crippen molar-refractivity contribution >= 4 is 17.7 Å². The van der Waals surface area contributed by atoms with Crippen molar-refractivity contribution in [1.29, 1.82) is 0 Å². The zero-order valence-corrected chi connectivity index (χ0v) is 25.1. The highest BCUT2D eigenvalue weighted by atomic mass is 16.7. The number of nitrogens with one attached hydrogen (secondary N) is 3. The van der Waals surface area contributed by atoms with Crippen LogP contribution in [0.3, 0.4) is 0 Å². The number of methoxy groups -OCH3 is 1. The normalized spacial score (nSPS) is 42.8. The summed E-state index contributed by atoms with van der Waals surface area (Å²) in [6, 6.07) is -3.71. The van der Waals surface area contributed by atoms with Gasteiger partial charge in [-0.3, -0.25) is 14.4 Å². The number of aliphatic hydroxyl groups is 6. The first-order valence-corrected chi connectivity index (χ1v) is 14.3. The summed E-state index contributed by atoms with van der Waals surface area (Å²) in [7, 11) is 1.27. The van der Waals surface area contributed by atoms with Crippen molar-refractivity contribution in [3.63, 3.8) is 0 Å². The van der Waals surface area contributed by atoms with Gasteiger partial charge in [0.05, 0.1) is 32.0 Å². The molecule has 3 fully saturated rings. The molecular formula is C26H45N3O15. The Hall–Kier alpha value is -2.07. The van der Waals surface area contributed by atoms with Gasteiger partial charge in [0.15, 0.2) is 18.9 Å². The predicted molar refractivity (Wildman–Crippen MR) is 144 cm³/mol. The molecule has 0 saturated carbocycles. The minimum Gasteiger partial charge on any atom is -0.394 e. The van der Waals surface area contributed by atoms with Crippen LogP contribution in [-0.4, -0.2) is 161 Å². The van der Waals surface area contributed by atoms with E-state index in [2.05, 4.69) is 16.0 Å². The van der Waals surface area contributed by atoms with Crippen LogP contribution in [0.5, 0.6) is 0 Å². The molecule has 254 valence electrons. The van der Waals surface area contributed by atoms with Crippen LogP contribution >= 0.6 is 0 Å². The number of hydrogen-bond donors (Lipinski definition) is 9. The van der Waals surface area contributed by atoms with Gasteiger partial charge in [-0.25, -0.2) is 0 Å². The van der Waals surface area contributed by atoms with Gasteiger partial charge in [-0.2, -0.15) is 0 Å². The van der Waals surface area contributed by atoms with Gasteiger partial charge in [0.2, 0.25) is 17.7 Å². The third-order valence-electron chi connectivity index (χ3n) is 7.91. The molecule has 0 aliphatic carbocycles. The Morgan fingerprint density at radius 1 is 0.614 bits per heavy atom. The number of carbonyl (C=O) groups is 3. The zero-order chi connectivity index (χ0) is 32.9. The maximum atomic E-state index is 12.2. The van der Waals surface area contributed by atoms with Crippen LogP contribution in [0.15, 0.2) is 0 Å². The van der Waals surface area contributed by atoms with Gasteiger partial charge in [-0.1, -0.05) is 6.92 Å². The minimum atomic E-state index is -1.69. The molecule has 3 saturated heterocycles. The summed E-state index contributed by atoms with van der Waals surface area (Å²) in [6.07, 6.45) is -15.0. The zero-order valence-electron chi connectivity index (χ0n) is 25.1. The topological polar surface area (TPSA) is 264 Å². The number of hydrogen-bond acceptors (Lipinski definition) is 15. The first-order chi connectivity index (χ1) is 20.8. The molecule has 18 nitrogen and oxygen atoms in total.